The summed E-state index contributed by atoms with van der Waals surface area (Å²) in [6.07, 6.45) is 9.25. The smallest absolute Gasteiger partial charge is 0.246 e. The zero-order valence-corrected chi connectivity index (χ0v) is 21.2. The normalized spacial score (nSPS) is 33.1. The number of nitrogens with zero attached hydrogens (tertiary/aromatic N) is 1. The average Bonchev–Trinajstić information content (AvgIpc) is 3.48. The molecule has 5 rings (SSSR count). The molecule has 1 spiro atoms. The quantitative estimate of drug-likeness (QED) is 0.548. The SMILES string of the molecule is CCC(C)N1C(=O)C2C(C(=O)Nc3ccc(Br)cc3)C3C=CC2(O3)C1C(=O)NC1CCCCC1. The van der Waals surface area contributed by atoms with Crippen LogP contribution in [0.25, 0.3) is 0 Å². The second kappa shape index (κ2) is 9.11. The van der Waals surface area contributed by atoms with E-state index in [9.17, 15) is 14.4 Å². The predicted octanol–water partition coefficient (Wildman–Crippen LogP) is 3.79. The molecule has 1 aromatic carbocycles. The lowest BCUT2D eigenvalue weighted by Crippen LogP contribution is -2.58. The maximum Gasteiger partial charge on any atom is 0.246 e. The van der Waals surface area contributed by atoms with E-state index >= 15 is 0 Å². The number of carbonyl (C=O) groups excluding carboxylic acids is 3. The highest BCUT2D eigenvalue weighted by Gasteiger charge is 2.73. The molecule has 3 heterocycles. The number of anilines is 1. The van der Waals surface area contributed by atoms with Crippen LogP contribution in [0.3, 0.4) is 0 Å². The van der Waals surface area contributed by atoms with Crippen molar-refractivity contribution in [3.05, 3.63) is 40.9 Å². The van der Waals surface area contributed by atoms with E-state index in [0.29, 0.717) is 12.1 Å². The molecule has 2 bridgehead atoms. The van der Waals surface area contributed by atoms with Gasteiger partial charge in [-0.15, -0.1) is 0 Å². The Kier molecular flexibility index (Phi) is 6.31. The molecule has 1 saturated carbocycles. The van der Waals surface area contributed by atoms with Crippen LogP contribution in [0.2, 0.25) is 0 Å². The van der Waals surface area contributed by atoms with Gasteiger partial charge in [-0.25, -0.2) is 0 Å². The molecule has 8 heteroatoms. The van der Waals surface area contributed by atoms with Crippen molar-refractivity contribution in [1.29, 1.82) is 0 Å². The zero-order chi connectivity index (χ0) is 24.0. The molecule has 2 saturated heterocycles. The Labute approximate surface area is 208 Å². The fourth-order valence-corrected chi connectivity index (χ4v) is 6.43. The van der Waals surface area contributed by atoms with E-state index in [2.05, 4.69) is 26.6 Å². The third-order valence-corrected chi connectivity index (χ3v) is 8.52. The van der Waals surface area contributed by atoms with Crippen molar-refractivity contribution < 1.29 is 19.1 Å². The number of fused-ring (bicyclic) bond motifs is 1. The fraction of sp³-hybridized carbons (Fsp3) is 0.577. The first kappa shape index (κ1) is 23.5. The largest absolute Gasteiger partial charge is 0.359 e. The lowest BCUT2D eigenvalue weighted by molar-refractivity contribution is -0.143. The Morgan fingerprint density at radius 3 is 2.56 bits per heavy atom. The van der Waals surface area contributed by atoms with Gasteiger partial charge in [0.2, 0.25) is 17.7 Å². The van der Waals surface area contributed by atoms with Gasteiger partial charge < -0.3 is 20.3 Å². The second-order valence-corrected chi connectivity index (χ2v) is 11.0. The standard InChI is InChI=1S/C26H32BrN3O4/c1-3-15(2)30-22(24(32)29-17-7-5-4-6-8-17)26-14-13-19(34-26)20(21(26)25(30)33)23(31)28-18-11-9-16(27)10-12-18/h9-15,17,19-22H,3-8H2,1-2H3,(H,28,31)(H,29,32). The summed E-state index contributed by atoms with van der Waals surface area (Å²) >= 11 is 3.40. The van der Waals surface area contributed by atoms with E-state index in [1.54, 1.807) is 4.90 Å². The minimum Gasteiger partial charge on any atom is -0.359 e. The van der Waals surface area contributed by atoms with Crippen LogP contribution < -0.4 is 10.6 Å². The lowest BCUT2D eigenvalue weighted by atomic mass is 9.74. The van der Waals surface area contributed by atoms with E-state index in [-0.39, 0.29) is 29.8 Å². The second-order valence-electron chi connectivity index (χ2n) is 10.0. The molecule has 0 aromatic heterocycles. The molecule has 6 unspecified atom stereocenters. The highest BCUT2D eigenvalue weighted by molar-refractivity contribution is 9.10. The number of hydrogen-bond acceptors (Lipinski definition) is 4. The maximum atomic E-state index is 13.8. The molecule has 6 atom stereocenters. The molecule has 4 aliphatic rings. The van der Waals surface area contributed by atoms with Gasteiger partial charge in [-0.3, -0.25) is 14.4 Å². The summed E-state index contributed by atoms with van der Waals surface area (Å²) in [6.45, 7) is 3.97. The monoisotopic (exact) mass is 529 g/mol. The van der Waals surface area contributed by atoms with E-state index in [1.165, 1.54) is 6.42 Å². The number of benzene rings is 1. The summed E-state index contributed by atoms with van der Waals surface area (Å²) in [5, 5.41) is 6.17. The molecule has 1 aromatic rings. The average molecular weight is 530 g/mol. The van der Waals surface area contributed by atoms with E-state index in [0.717, 1.165) is 30.2 Å². The van der Waals surface area contributed by atoms with Gasteiger partial charge in [0.1, 0.15) is 11.6 Å². The number of likely N-dealkylation sites (tertiary alicyclic amines) is 1. The number of ether oxygens (including phenoxy) is 1. The van der Waals surface area contributed by atoms with Crippen LogP contribution >= 0.6 is 15.9 Å². The van der Waals surface area contributed by atoms with E-state index < -0.39 is 29.6 Å². The summed E-state index contributed by atoms with van der Waals surface area (Å²) in [7, 11) is 0. The summed E-state index contributed by atoms with van der Waals surface area (Å²) in [5.74, 6) is -1.98. The van der Waals surface area contributed by atoms with E-state index in [1.807, 2.05) is 50.3 Å². The Bertz CT molecular complexity index is 1010. The molecule has 3 amide bonds. The molecule has 7 nitrogen and oxygen atoms in total. The minimum absolute atomic E-state index is 0.129. The Morgan fingerprint density at radius 2 is 1.88 bits per heavy atom. The van der Waals surface area contributed by atoms with Crippen molar-refractivity contribution in [3.63, 3.8) is 0 Å². The number of hydrogen-bond donors (Lipinski definition) is 2. The first-order valence-electron chi connectivity index (χ1n) is 12.4. The molecule has 2 N–H and O–H groups in total. The molecule has 182 valence electrons. The lowest BCUT2D eigenvalue weighted by Gasteiger charge is -2.36. The molecule has 34 heavy (non-hydrogen) atoms. The van der Waals surface area contributed by atoms with Gasteiger partial charge in [0, 0.05) is 22.2 Å². The minimum atomic E-state index is -1.11. The first-order chi connectivity index (χ1) is 16.4. The van der Waals surface area contributed by atoms with Gasteiger partial charge in [0.15, 0.2) is 0 Å². The van der Waals surface area contributed by atoms with Gasteiger partial charge in [0.25, 0.3) is 0 Å². The molecular weight excluding hydrogens is 498 g/mol. The molecule has 3 fully saturated rings. The van der Waals surface area contributed by atoms with Crippen LogP contribution in [-0.4, -0.2) is 52.5 Å². The number of carbonyl (C=O) groups is 3. The van der Waals surface area contributed by atoms with Gasteiger partial charge in [-0.1, -0.05) is 54.3 Å². The van der Waals surface area contributed by atoms with Gasteiger partial charge in [-0.05, 0) is 50.5 Å². The maximum absolute atomic E-state index is 13.8. The highest BCUT2D eigenvalue weighted by atomic mass is 79.9. The molecule has 3 aliphatic heterocycles. The summed E-state index contributed by atoms with van der Waals surface area (Å²) in [4.78, 5) is 42.6. The van der Waals surface area contributed by atoms with Crippen LogP contribution in [0.4, 0.5) is 5.69 Å². The van der Waals surface area contributed by atoms with Crippen LogP contribution in [0.5, 0.6) is 0 Å². The van der Waals surface area contributed by atoms with Crippen molar-refractivity contribution >= 4 is 39.3 Å². The van der Waals surface area contributed by atoms with Crippen LogP contribution in [-0.2, 0) is 19.1 Å². The van der Waals surface area contributed by atoms with Crippen LogP contribution in [0.1, 0.15) is 52.4 Å². The number of nitrogens with one attached hydrogen (secondary N) is 2. The van der Waals surface area contributed by atoms with Crippen molar-refractivity contribution in [2.45, 2.75) is 82.2 Å². The first-order valence-corrected chi connectivity index (χ1v) is 13.2. The van der Waals surface area contributed by atoms with Crippen LogP contribution in [0, 0.1) is 11.8 Å². The third kappa shape index (κ3) is 3.79. The van der Waals surface area contributed by atoms with Crippen molar-refractivity contribution in [2.75, 3.05) is 5.32 Å². The Hall–Kier alpha value is -2.19. The topological polar surface area (TPSA) is 87.7 Å². The number of halogens is 1. The van der Waals surface area contributed by atoms with Crippen LogP contribution in [0.15, 0.2) is 40.9 Å². The van der Waals surface area contributed by atoms with Crippen molar-refractivity contribution in [1.82, 2.24) is 10.2 Å². The van der Waals surface area contributed by atoms with Gasteiger partial charge in [0.05, 0.1) is 17.9 Å². The number of amides is 3. The van der Waals surface area contributed by atoms with Crippen molar-refractivity contribution in [2.24, 2.45) is 11.8 Å². The summed E-state index contributed by atoms with van der Waals surface area (Å²) in [6, 6.07) is 6.55. The summed E-state index contributed by atoms with van der Waals surface area (Å²) < 4.78 is 7.30. The molecule has 1 aliphatic carbocycles. The predicted molar refractivity (Wildman–Crippen MR) is 132 cm³/mol. The Balaban J connectivity index is 1.44. The van der Waals surface area contributed by atoms with Gasteiger partial charge in [-0.2, -0.15) is 0 Å². The van der Waals surface area contributed by atoms with Crippen molar-refractivity contribution in [3.8, 4) is 0 Å². The van der Waals surface area contributed by atoms with Gasteiger partial charge >= 0.3 is 0 Å². The highest BCUT2D eigenvalue weighted by Crippen LogP contribution is 2.55. The molecular formula is C26H32BrN3O4. The third-order valence-electron chi connectivity index (χ3n) is 7.99. The fourth-order valence-electron chi connectivity index (χ4n) is 6.16. The zero-order valence-electron chi connectivity index (χ0n) is 19.6. The summed E-state index contributed by atoms with van der Waals surface area (Å²) in [5.41, 5.74) is -0.448. The van der Waals surface area contributed by atoms with E-state index in [4.69, 9.17) is 4.74 Å². The molecule has 0 radical (unpaired) electrons. The Morgan fingerprint density at radius 1 is 1.18 bits per heavy atom. The number of rotatable bonds is 6.